The van der Waals surface area contributed by atoms with Gasteiger partial charge in [-0.15, -0.1) is 0 Å². The van der Waals surface area contributed by atoms with Crippen LogP contribution in [0, 0.1) is 25.7 Å². The number of fused-ring (bicyclic) bond motifs is 1. The third-order valence-corrected chi connectivity index (χ3v) is 9.84. The second-order valence-electron chi connectivity index (χ2n) is 15.5. The highest BCUT2D eigenvalue weighted by Crippen LogP contribution is 2.40. The van der Waals surface area contributed by atoms with Gasteiger partial charge in [0.2, 0.25) is 5.95 Å². The average molecular weight is 745 g/mol. The van der Waals surface area contributed by atoms with Gasteiger partial charge in [-0.25, -0.2) is 24.4 Å². The predicted octanol–water partition coefficient (Wildman–Crippen LogP) is 8.42. The number of alkyl halides is 6. The average Bonchev–Trinajstić information content (AvgIpc) is 4.00. The Labute approximate surface area is 303 Å². The fourth-order valence-corrected chi connectivity index (χ4v) is 6.76. The number of anilines is 3. The van der Waals surface area contributed by atoms with Crippen molar-refractivity contribution in [2.75, 3.05) is 40.9 Å². The van der Waals surface area contributed by atoms with Crippen LogP contribution >= 0.6 is 0 Å². The van der Waals surface area contributed by atoms with E-state index in [1.165, 1.54) is 11.1 Å². The molecule has 3 aromatic heterocycles. The van der Waals surface area contributed by atoms with E-state index in [1.54, 1.807) is 11.8 Å². The predicted molar refractivity (Wildman–Crippen MR) is 187 cm³/mol. The maximum absolute atomic E-state index is 14.0. The number of pyridine rings is 1. The first-order valence-corrected chi connectivity index (χ1v) is 17.8. The lowest BCUT2D eigenvalue weighted by Gasteiger charge is -2.30. The number of halogens is 6. The number of aromatic nitrogens is 5. The molecule has 2 saturated carbocycles. The van der Waals surface area contributed by atoms with Crippen molar-refractivity contribution in [1.29, 1.82) is 0 Å². The van der Waals surface area contributed by atoms with Crippen molar-refractivity contribution in [2.45, 2.75) is 91.3 Å². The van der Waals surface area contributed by atoms with Gasteiger partial charge in [0, 0.05) is 37.1 Å². The van der Waals surface area contributed by atoms with Crippen LogP contribution < -0.4 is 14.7 Å². The van der Waals surface area contributed by atoms with Crippen LogP contribution in [0.3, 0.4) is 0 Å². The molecule has 0 atom stereocenters. The van der Waals surface area contributed by atoms with Gasteiger partial charge in [-0.05, 0) is 102 Å². The molecule has 1 amide bonds. The van der Waals surface area contributed by atoms with Crippen LogP contribution in [0.4, 0.5) is 48.6 Å². The Bertz CT molecular complexity index is 1980. The van der Waals surface area contributed by atoms with Crippen molar-refractivity contribution in [3.05, 3.63) is 64.1 Å². The molecule has 53 heavy (non-hydrogen) atoms. The SMILES string of the molecule is Cc1nc(N(Cc2cc(C(F)(F)F)cc(C(F)(F)F)c2)Cc2cc3c(C)nn(C(C)(C)C)c3nc2N(CC2CC2)CC2CC2)ncc1N1CCOC1=O. The number of aryl methyl sites for hydroxylation is 2. The molecule has 1 aliphatic heterocycles. The van der Waals surface area contributed by atoms with Gasteiger partial charge in [0.15, 0.2) is 5.65 Å². The first kappa shape index (κ1) is 36.7. The molecule has 2 aliphatic carbocycles. The molecule has 4 heterocycles. The van der Waals surface area contributed by atoms with E-state index in [4.69, 9.17) is 14.8 Å². The van der Waals surface area contributed by atoms with Crippen molar-refractivity contribution in [2.24, 2.45) is 11.8 Å². The quantitative estimate of drug-likeness (QED) is 0.142. The number of ether oxygens (including phenoxy) is 1. The highest BCUT2D eigenvalue weighted by molar-refractivity contribution is 5.89. The molecule has 3 fully saturated rings. The van der Waals surface area contributed by atoms with E-state index < -0.39 is 35.1 Å². The number of hydrogen-bond acceptors (Lipinski definition) is 8. The van der Waals surface area contributed by atoms with Gasteiger partial charge in [0.25, 0.3) is 0 Å². The van der Waals surface area contributed by atoms with E-state index in [1.807, 2.05) is 38.4 Å². The Balaban J connectivity index is 1.37. The Morgan fingerprint density at radius 3 is 1.96 bits per heavy atom. The van der Waals surface area contributed by atoms with E-state index in [9.17, 15) is 31.1 Å². The van der Waals surface area contributed by atoms with Gasteiger partial charge in [-0.3, -0.25) is 4.90 Å². The number of amides is 1. The number of cyclic esters (lactones) is 1. The number of rotatable bonds is 11. The zero-order chi connectivity index (χ0) is 38.0. The molecule has 284 valence electrons. The third kappa shape index (κ3) is 8.00. The Morgan fingerprint density at radius 2 is 1.45 bits per heavy atom. The lowest BCUT2D eigenvalue weighted by Crippen LogP contribution is -2.32. The van der Waals surface area contributed by atoms with Gasteiger partial charge < -0.3 is 14.5 Å². The summed E-state index contributed by atoms with van der Waals surface area (Å²) in [4.78, 5) is 32.1. The largest absolute Gasteiger partial charge is 0.447 e. The topological polar surface area (TPSA) is 92.5 Å². The van der Waals surface area contributed by atoms with Crippen LogP contribution in [0.1, 0.15) is 80.1 Å². The lowest BCUT2D eigenvalue weighted by atomic mass is 10.0. The van der Waals surface area contributed by atoms with Crippen molar-refractivity contribution in [3.8, 4) is 0 Å². The summed E-state index contributed by atoms with van der Waals surface area (Å²) < 4.78 is 90.9. The summed E-state index contributed by atoms with van der Waals surface area (Å²) in [5, 5.41) is 5.61. The molecule has 0 radical (unpaired) electrons. The minimum Gasteiger partial charge on any atom is -0.447 e. The zero-order valence-corrected chi connectivity index (χ0v) is 30.3. The van der Waals surface area contributed by atoms with Crippen LogP contribution in [-0.4, -0.2) is 57.1 Å². The third-order valence-electron chi connectivity index (χ3n) is 9.84. The summed E-state index contributed by atoms with van der Waals surface area (Å²) in [6.45, 7) is 11.3. The molecule has 0 unspecified atom stereocenters. The Morgan fingerprint density at radius 1 is 0.830 bits per heavy atom. The van der Waals surface area contributed by atoms with Crippen LogP contribution in [0.5, 0.6) is 0 Å². The molecule has 1 saturated heterocycles. The van der Waals surface area contributed by atoms with E-state index in [0.717, 1.165) is 62.0 Å². The number of hydrogen-bond donors (Lipinski definition) is 0. The number of carbonyl (C=O) groups excluding carboxylic acids is 1. The molecule has 0 N–H and O–H groups in total. The first-order valence-electron chi connectivity index (χ1n) is 17.8. The van der Waals surface area contributed by atoms with Crippen LogP contribution in [0.15, 0.2) is 30.5 Å². The van der Waals surface area contributed by atoms with E-state index >= 15 is 0 Å². The van der Waals surface area contributed by atoms with Gasteiger partial charge in [0.1, 0.15) is 12.4 Å². The number of nitrogens with zero attached hydrogens (tertiary/aromatic N) is 8. The van der Waals surface area contributed by atoms with E-state index in [0.29, 0.717) is 40.2 Å². The fraction of sp³-hybridized carbons (Fsp3) is 0.541. The summed E-state index contributed by atoms with van der Waals surface area (Å²) in [5.74, 6) is 1.77. The van der Waals surface area contributed by atoms with Gasteiger partial charge in [-0.2, -0.15) is 31.4 Å². The molecular weight excluding hydrogens is 702 g/mol. The summed E-state index contributed by atoms with van der Waals surface area (Å²) in [7, 11) is 0. The minimum atomic E-state index is -5.01. The van der Waals surface area contributed by atoms with Gasteiger partial charge in [0.05, 0.1) is 46.5 Å². The highest BCUT2D eigenvalue weighted by Gasteiger charge is 2.38. The van der Waals surface area contributed by atoms with E-state index in [-0.39, 0.29) is 43.8 Å². The Hall–Kier alpha value is -4.63. The van der Waals surface area contributed by atoms with Gasteiger partial charge >= 0.3 is 18.4 Å². The monoisotopic (exact) mass is 744 g/mol. The van der Waals surface area contributed by atoms with Gasteiger partial charge in [-0.1, -0.05) is 0 Å². The molecule has 16 heteroatoms. The van der Waals surface area contributed by atoms with Crippen molar-refractivity contribution in [1.82, 2.24) is 24.7 Å². The van der Waals surface area contributed by atoms with Crippen LogP contribution in [-0.2, 0) is 35.7 Å². The minimum absolute atomic E-state index is 0.00633. The maximum Gasteiger partial charge on any atom is 0.416 e. The summed E-state index contributed by atoms with van der Waals surface area (Å²) in [6, 6.07) is 3.57. The summed E-state index contributed by atoms with van der Waals surface area (Å²) in [6.07, 6.45) is -4.76. The van der Waals surface area contributed by atoms with Crippen LogP contribution in [0.25, 0.3) is 11.0 Å². The molecule has 4 aromatic rings. The normalized spacial score (nSPS) is 16.8. The second kappa shape index (κ2) is 13.3. The molecule has 0 spiro atoms. The second-order valence-corrected chi connectivity index (χ2v) is 15.5. The number of benzene rings is 1. The lowest BCUT2D eigenvalue weighted by molar-refractivity contribution is -0.143. The number of carbonyl (C=O) groups is 1. The van der Waals surface area contributed by atoms with Crippen LogP contribution in [0.2, 0.25) is 0 Å². The van der Waals surface area contributed by atoms with Crippen molar-refractivity contribution in [3.63, 3.8) is 0 Å². The maximum atomic E-state index is 14.0. The first-order chi connectivity index (χ1) is 24.8. The van der Waals surface area contributed by atoms with Crippen molar-refractivity contribution < 1.29 is 35.9 Å². The highest BCUT2D eigenvalue weighted by atomic mass is 19.4. The molecule has 1 aromatic carbocycles. The fourth-order valence-electron chi connectivity index (χ4n) is 6.76. The molecule has 10 nitrogen and oxygen atoms in total. The molecular formula is C37H42F6N8O2. The molecule has 3 aliphatic rings. The molecule has 7 rings (SSSR count). The summed E-state index contributed by atoms with van der Waals surface area (Å²) >= 11 is 0. The van der Waals surface area contributed by atoms with E-state index in [2.05, 4.69) is 14.9 Å². The molecule has 0 bridgehead atoms. The standard InChI is InChI=1S/C37H42F6N8O2/c1-21-29-14-26(31(46-32(29)51(47-21)35(3,4)5)48(17-23-6-7-23)18-24-8-9-24)20-49(33-44-16-30(22(2)45-33)50-10-11-53-34(50)52)19-25-12-27(36(38,39)40)15-28(13-25)37(41,42)43/h12-16,23-24H,6-11,17-20H2,1-5H3. The Kier molecular flexibility index (Phi) is 9.24. The summed E-state index contributed by atoms with van der Waals surface area (Å²) in [5.41, 5.74) is -0.503. The zero-order valence-electron chi connectivity index (χ0n) is 30.3. The smallest absolute Gasteiger partial charge is 0.416 e. The van der Waals surface area contributed by atoms with Crippen molar-refractivity contribution >= 4 is 34.6 Å².